The van der Waals surface area contributed by atoms with Gasteiger partial charge in [0.1, 0.15) is 23.0 Å². The van der Waals surface area contributed by atoms with Crippen molar-refractivity contribution in [2.45, 2.75) is 65.2 Å². The zero-order chi connectivity index (χ0) is 28.5. The molecule has 3 aromatic carbocycles. The lowest BCUT2D eigenvalue weighted by atomic mass is 9.83. The first-order valence-corrected chi connectivity index (χ1v) is 14.3. The Morgan fingerprint density at radius 2 is 1.18 bits per heavy atom. The monoisotopic (exact) mass is 542 g/mol. The molecule has 0 heterocycles. The highest BCUT2D eigenvalue weighted by atomic mass is 16.5. The van der Waals surface area contributed by atoms with Crippen LogP contribution in [0.25, 0.3) is 16.7 Å². The van der Waals surface area contributed by atoms with Crippen LogP contribution in [0.3, 0.4) is 0 Å². The summed E-state index contributed by atoms with van der Waals surface area (Å²) in [6, 6.07) is 15.4. The number of benzene rings is 3. The van der Waals surface area contributed by atoms with E-state index in [0.29, 0.717) is 35.8 Å². The van der Waals surface area contributed by atoms with E-state index >= 15 is 0 Å². The van der Waals surface area contributed by atoms with Gasteiger partial charge in [-0.1, -0.05) is 76.6 Å². The van der Waals surface area contributed by atoms with E-state index in [-0.39, 0.29) is 33.8 Å². The zero-order valence-electron chi connectivity index (χ0n) is 23.4. The Hall–Kier alpha value is -4.06. The van der Waals surface area contributed by atoms with Crippen molar-refractivity contribution in [2.24, 2.45) is 0 Å². The molecule has 0 saturated carbocycles. The number of fused-ring (bicyclic) bond motifs is 1. The number of allylic oxidation sites excluding steroid dienone is 2. The molecule has 0 fully saturated rings. The Balaban J connectivity index is 1.50. The minimum absolute atomic E-state index is 0.162. The van der Waals surface area contributed by atoms with Crippen LogP contribution in [0, 0.1) is 0 Å². The van der Waals surface area contributed by atoms with Gasteiger partial charge in [0, 0.05) is 11.1 Å². The van der Waals surface area contributed by atoms with E-state index in [1.807, 2.05) is 0 Å². The van der Waals surface area contributed by atoms with E-state index in [1.165, 1.54) is 31.4 Å². The third-order valence-corrected chi connectivity index (χ3v) is 7.14. The standard InChI is InChI=1S/C34H38O6/c1-3-5-7-9-19-39-25-15-11-23(12-16-25)27-21-29(35)32-31(33(27)37)30(36)22-28(34(32)38)24-13-17-26(18-14-24)40-20-10-8-6-4-2/h11-18,21-22,35,37H,3-10,19-20H2,1-2H3. The number of unbranched alkanes of at least 4 members (excludes halogenated alkanes) is 6. The summed E-state index contributed by atoms with van der Waals surface area (Å²) < 4.78 is 11.6. The number of phenolic OH excluding ortho intramolecular Hbond substituents is 2. The lowest BCUT2D eigenvalue weighted by Gasteiger charge is -2.20. The second kappa shape index (κ2) is 13.8. The predicted molar refractivity (Wildman–Crippen MR) is 158 cm³/mol. The number of hydrogen-bond acceptors (Lipinski definition) is 6. The molecule has 0 aromatic heterocycles. The summed E-state index contributed by atoms with van der Waals surface area (Å²) in [6.07, 6.45) is 10.1. The van der Waals surface area contributed by atoms with Crippen molar-refractivity contribution in [2.75, 3.05) is 13.2 Å². The third-order valence-electron chi connectivity index (χ3n) is 7.14. The zero-order valence-corrected chi connectivity index (χ0v) is 23.4. The summed E-state index contributed by atoms with van der Waals surface area (Å²) >= 11 is 0. The quantitative estimate of drug-likeness (QED) is 0.158. The van der Waals surface area contributed by atoms with Crippen LogP contribution in [0.1, 0.15) is 91.5 Å². The van der Waals surface area contributed by atoms with Crippen LogP contribution in [-0.4, -0.2) is 35.0 Å². The molecule has 4 rings (SSSR count). The highest BCUT2D eigenvalue weighted by Gasteiger charge is 2.33. The molecule has 1 aliphatic carbocycles. The summed E-state index contributed by atoms with van der Waals surface area (Å²) in [5.41, 5.74) is 1.18. The maximum atomic E-state index is 13.4. The molecule has 0 unspecified atom stereocenters. The van der Waals surface area contributed by atoms with Crippen LogP contribution in [-0.2, 0) is 0 Å². The Labute approximate surface area is 236 Å². The van der Waals surface area contributed by atoms with Gasteiger partial charge in [0.25, 0.3) is 0 Å². The average molecular weight is 543 g/mol. The predicted octanol–water partition coefficient (Wildman–Crippen LogP) is 8.15. The number of carbonyl (C=O) groups is 2. The Morgan fingerprint density at radius 1 is 0.650 bits per heavy atom. The first kappa shape index (κ1) is 28.9. The van der Waals surface area contributed by atoms with Gasteiger partial charge < -0.3 is 19.7 Å². The van der Waals surface area contributed by atoms with E-state index in [0.717, 1.165) is 32.1 Å². The molecule has 0 radical (unpaired) electrons. The molecule has 2 N–H and O–H groups in total. The number of aromatic hydroxyl groups is 2. The van der Waals surface area contributed by atoms with E-state index in [9.17, 15) is 19.8 Å². The molecule has 6 nitrogen and oxygen atoms in total. The van der Waals surface area contributed by atoms with E-state index in [1.54, 1.807) is 48.5 Å². The van der Waals surface area contributed by atoms with E-state index < -0.39 is 11.6 Å². The van der Waals surface area contributed by atoms with E-state index in [4.69, 9.17) is 9.47 Å². The van der Waals surface area contributed by atoms with Gasteiger partial charge in [0.15, 0.2) is 11.6 Å². The van der Waals surface area contributed by atoms with Crippen LogP contribution < -0.4 is 9.47 Å². The summed E-state index contributed by atoms with van der Waals surface area (Å²) in [7, 11) is 0. The third kappa shape index (κ3) is 6.74. The van der Waals surface area contributed by atoms with Crippen LogP contribution in [0.5, 0.6) is 23.0 Å². The number of rotatable bonds is 14. The van der Waals surface area contributed by atoms with Gasteiger partial charge in [0.05, 0.1) is 24.3 Å². The number of hydrogen-bond donors (Lipinski definition) is 2. The maximum Gasteiger partial charge on any atom is 0.198 e. The molecular weight excluding hydrogens is 504 g/mol. The summed E-state index contributed by atoms with van der Waals surface area (Å²) in [4.78, 5) is 26.6. The molecule has 210 valence electrons. The van der Waals surface area contributed by atoms with Crippen LogP contribution in [0.2, 0.25) is 0 Å². The fourth-order valence-corrected chi connectivity index (χ4v) is 4.87. The maximum absolute atomic E-state index is 13.4. The minimum atomic E-state index is -0.539. The molecule has 1 aliphatic rings. The van der Waals surface area contributed by atoms with Gasteiger partial charge in [-0.15, -0.1) is 0 Å². The molecule has 40 heavy (non-hydrogen) atoms. The molecule has 0 aliphatic heterocycles. The molecule has 0 spiro atoms. The molecule has 0 amide bonds. The first-order chi connectivity index (χ1) is 19.4. The fourth-order valence-electron chi connectivity index (χ4n) is 4.87. The molecule has 6 heteroatoms. The molecular formula is C34H38O6. The van der Waals surface area contributed by atoms with Crippen molar-refractivity contribution >= 4 is 17.1 Å². The lowest BCUT2D eigenvalue weighted by Crippen LogP contribution is -2.17. The second-order valence-corrected chi connectivity index (χ2v) is 10.2. The van der Waals surface area contributed by atoms with Gasteiger partial charge >= 0.3 is 0 Å². The Kier molecular flexibility index (Phi) is 10.0. The highest BCUT2D eigenvalue weighted by Crippen LogP contribution is 2.43. The Bertz CT molecular complexity index is 1350. The van der Waals surface area contributed by atoms with Gasteiger partial charge in [-0.2, -0.15) is 0 Å². The smallest absolute Gasteiger partial charge is 0.198 e. The summed E-state index contributed by atoms with van der Waals surface area (Å²) in [5, 5.41) is 21.9. The lowest BCUT2D eigenvalue weighted by molar-refractivity contribution is 0.0997. The Morgan fingerprint density at radius 3 is 1.70 bits per heavy atom. The number of ether oxygens (including phenoxy) is 2. The number of carbonyl (C=O) groups excluding carboxylic acids is 2. The van der Waals surface area contributed by atoms with Crippen molar-refractivity contribution in [1.82, 2.24) is 0 Å². The van der Waals surface area contributed by atoms with E-state index in [2.05, 4.69) is 13.8 Å². The first-order valence-electron chi connectivity index (χ1n) is 14.3. The largest absolute Gasteiger partial charge is 0.507 e. The van der Waals surface area contributed by atoms with Crippen molar-refractivity contribution in [1.29, 1.82) is 0 Å². The SMILES string of the molecule is CCCCCCOc1ccc(C2=CC(=O)c3c(O)c(-c4ccc(OCCCCCC)cc4)cc(O)c3C2=O)cc1. The van der Waals surface area contributed by atoms with Crippen molar-refractivity contribution in [3.8, 4) is 34.1 Å². The van der Waals surface area contributed by atoms with Crippen LogP contribution in [0.4, 0.5) is 0 Å². The van der Waals surface area contributed by atoms with Crippen molar-refractivity contribution in [3.05, 3.63) is 77.4 Å². The normalized spacial score (nSPS) is 12.7. The summed E-state index contributed by atoms with van der Waals surface area (Å²) in [6.45, 7) is 5.58. The minimum Gasteiger partial charge on any atom is -0.507 e. The number of Topliss-reactive ketones (excluding diaryl/α,β-unsaturated/α-hetero) is 1. The highest BCUT2D eigenvalue weighted by molar-refractivity contribution is 6.40. The fraction of sp³-hybridized carbons (Fsp3) is 0.353. The number of phenols is 2. The van der Waals surface area contributed by atoms with Crippen molar-refractivity contribution in [3.63, 3.8) is 0 Å². The molecule has 0 bridgehead atoms. The average Bonchev–Trinajstić information content (AvgIpc) is 2.96. The topological polar surface area (TPSA) is 93.1 Å². The van der Waals surface area contributed by atoms with Gasteiger partial charge in [-0.25, -0.2) is 0 Å². The molecule has 0 atom stereocenters. The number of ketones is 2. The van der Waals surface area contributed by atoms with Gasteiger partial charge in [-0.3, -0.25) is 9.59 Å². The summed E-state index contributed by atoms with van der Waals surface area (Å²) in [5.74, 6) is -0.351. The van der Waals surface area contributed by atoms with Crippen molar-refractivity contribution < 1.29 is 29.3 Å². The molecule has 0 saturated heterocycles. The second-order valence-electron chi connectivity index (χ2n) is 10.2. The van der Waals surface area contributed by atoms with Gasteiger partial charge in [0.2, 0.25) is 0 Å². The van der Waals surface area contributed by atoms with Gasteiger partial charge in [-0.05, 0) is 60.4 Å². The van der Waals surface area contributed by atoms with Crippen LogP contribution in [0.15, 0.2) is 60.7 Å². The molecule has 3 aromatic rings. The van der Waals surface area contributed by atoms with Crippen LogP contribution >= 0.6 is 0 Å².